The fourth-order valence-corrected chi connectivity index (χ4v) is 1.17. The molecule has 0 aromatic heterocycles. The lowest BCUT2D eigenvalue weighted by atomic mass is 10.1. The highest BCUT2D eigenvalue weighted by molar-refractivity contribution is 5.90. The molecule has 0 bridgehead atoms. The Morgan fingerprint density at radius 1 is 1.00 bits per heavy atom. The number of aliphatic hydroxyl groups is 1. The zero-order chi connectivity index (χ0) is 12.9. The molecular formula is C15H20O2. The maximum Gasteiger partial charge on any atom is 0.159 e. The number of hydrogen-bond acceptors (Lipinski definition) is 2. The first kappa shape index (κ1) is 15.2. The molecule has 0 heterocycles. The van der Waals surface area contributed by atoms with Gasteiger partial charge in [0, 0.05) is 18.9 Å². The normalized spacial score (nSPS) is 12.1. The molecule has 0 saturated carbocycles. The molecule has 0 aliphatic carbocycles. The van der Waals surface area contributed by atoms with Crippen LogP contribution in [0.3, 0.4) is 0 Å². The molecule has 0 atom stereocenters. The van der Waals surface area contributed by atoms with Crippen LogP contribution in [0.15, 0.2) is 61.4 Å². The van der Waals surface area contributed by atoms with Crippen molar-refractivity contribution in [2.45, 2.75) is 25.7 Å². The summed E-state index contributed by atoms with van der Waals surface area (Å²) in [5, 5.41) is 9.47. The van der Waals surface area contributed by atoms with Crippen molar-refractivity contribution in [3.63, 3.8) is 0 Å². The Balaban J connectivity index is 3.89. The molecule has 0 saturated heterocycles. The van der Waals surface area contributed by atoms with E-state index in [0.717, 1.165) is 0 Å². The first-order valence-corrected chi connectivity index (χ1v) is 5.68. The first-order valence-electron chi connectivity index (χ1n) is 5.68. The average molecular weight is 232 g/mol. The third-order valence-corrected chi connectivity index (χ3v) is 2.00. The van der Waals surface area contributed by atoms with Crippen molar-refractivity contribution >= 4 is 5.78 Å². The van der Waals surface area contributed by atoms with Gasteiger partial charge in [0.05, 0.1) is 5.76 Å². The van der Waals surface area contributed by atoms with E-state index in [1.54, 1.807) is 18.2 Å². The van der Waals surface area contributed by atoms with Crippen molar-refractivity contribution in [1.82, 2.24) is 0 Å². The number of carbonyl (C=O) groups excluding carboxylic acids is 1. The fourth-order valence-electron chi connectivity index (χ4n) is 1.17. The summed E-state index contributed by atoms with van der Waals surface area (Å²) < 4.78 is 0. The van der Waals surface area contributed by atoms with Crippen molar-refractivity contribution in [1.29, 1.82) is 0 Å². The molecule has 92 valence electrons. The number of aliphatic hydroxyl groups excluding tert-OH is 1. The summed E-state index contributed by atoms with van der Waals surface area (Å²) in [7, 11) is 0. The summed E-state index contributed by atoms with van der Waals surface area (Å²) in [4.78, 5) is 11.4. The van der Waals surface area contributed by atoms with E-state index in [4.69, 9.17) is 0 Å². The second-order valence-electron chi connectivity index (χ2n) is 3.51. The number of hydrogen-bond donors (Lipinski definition) is 1. The summed E-state index contributed by atoms with van der Waals surface area (Å²) in [6.07, 6.45) is 14.3. The second kappa shape index (κ2) is 10.7. The molecule has 2 heteroatoms. The largest absolute Gasteiger partial charge is 0.512 e. The SMILES string of the molecule is C=C/C=C/CCC(=O)/C=C(\O)CC/C=C/C=C. The summed E-state index contributed by atoms with van der Waals surface area (Å²) in [6, 6.07) is 0. The Hall–Kier alpha value is -1.83. The third-order valence-electron chi connectivity index (χ3n) is 2.00. The van der Waals surface area contributed by atoms with Crippen LogP contribution in [0.25, 0.3) is 0 Å². The van der Waals surface area contributed by atoms with Crippen LogP contribution in [-0.4, -0.2) is 10.9 Å². The van der Waals surface area contributed by atoms with Gasteiger partial charge < -0.3 is 5.11 Å². The topological polar surface area (TPSA) is 37.3 Å². The van der Waals surface area contributed by atoms with Crippen LogP contribution in [0.4, 0.5) is 0 Å². The van der Waals surface area contributed by atoms with E-state index in [0.29, 0.717) is 25.7 Å². The molecule has 17 heavy (non-hydrogen) atoms. The maximum atomic E-state index is 11.4. The molecule has 0 spiro atoms. The van der Waals surface area contributed by atoms with Gasteiger partial charge in [0.25, 0.3) is 0 Å². The molecule has 0 amide bonds. The van der Waals surface area contributed by atoms with Crippen molar-refractivity contribution in [3.05, 3.63) is 61.4 Å². The number of rotatable bonds is 9. The molecule has 0 rings (SSSR count). The predicted molar refractivity (Wildman–Crippen MR) is 72.9 cm³/mol. The van der Waals surface area contributed by atoms with Gasteiger partial charge in [-0.25, -0.2) is 0 Å². The van der Waals surface area contributed by atoms with Gasteiger partial charge in [-0.3, -0.25) is 4.79 Å². The van der Waals surface area contributed by atoms with E-state index in [1.807, 2.05) is 18.2 Å². The Kier molecular flexibility index (Phi) is 9.53. The quantitative estimate of drug-likeness (QED) is 0.370. The van der Waals surface area contributed by atoms with E-state index < -0.39 is 0 Å². The standard InChI is InChI=1S/C15H20O2/c1-3-5-7-9-11-14(16)13-15(17)12-10-8-6-4-2/h3-8,13,16H,1-2,9-12H2/b7-5+,8-6+,14-13-. The Morgan fingerprint density at radius 2 is 1.53 bits per heavy atom. The zero-order valence-electron chi connectivity index (χ0n) is 10.1. The van der Waals surface area contributed by atoms with Gasteiger partial charge >= 0.3 is 0 Å². The third kappa shape index (κ3) is 10.5. The smallest absolute Gasteiger partial charge is 0.159 e. The van der Waals surface area contributed by atoms with Crippen LogP contribution in [0.1, 0.15) is 25.7 Å². The summed E-state index contributed by atoms with van der Waals surface area (Å²) in [6.45, 7) is 7.08. The minimum Gasteiger partial charge on any atom is -0.512 e. The fraction of sp³-hybridized carbons (Fsp3) is 0.267. The number of allylic oxidation sites excluding steroid dienone is 8. The lowest BCUT2D eigenvalue weighted by Crippen LogP contribution is -1.94. The zero-order valence-corrected chi connectivity index (χ0v) is 10.1. The summed E-state index contributed by atoms with van der Waals surface area (Å²) in [5.74, 6) is 0.0836. The maximum absolute atomic E-state index is 11.4. The lowest BCUT2D eigenvalue weighted by Gasteiger charge is -1.96. The Morgan fingerprint density at radius 3 is 2.06 bits per heavy atom. The number of ketones is 1. The van der Waals surface area contributed by atoms with Crippen LogP contribution in [0.5, 0.6) is 0 Å². The highest BCUT2D eigenvalue weighted by atomic mass is 16.3. The van der Waals surface area contributed by atoms with E-state index in [9.17, 15) is 9.90 Å². The molecule has 1 N–H and O–H groups in total. The van der Waals surface area contributed by atoms with E-state index >= 15 is 0 Å². The molecule has 0 aromatic rings. The minimum absolute atomic E-state index is 0.0519. The molecule has 0 aliphatic heterocycles. The minimum atomic E-state index is -0.0519. The van der Waals surface area contributed by atoms with Crippen molar-refractivity contribution < 1.29 is 9.90 Å². The van der Waals surface area contributed by atoms with Gasteiger partial charge in [-0.2, -0.15) is 0 Å². The summed E-state index contributed by atoms with van der Waals surface area (Å²) >= 11 is 0. The van der Waals surface area contributed by atoms with E-state index in [1.165, 1.54) is 6.08 Å². The van der Waals surface area contributed by atoms with Crippen molar-refractivity contribution in [3.8, 4) is 0 Å². The first-order chi connectivity index (χ1) is 8.20. The molecule has 0 unspecified atom stereocenters. The van der Waals surface area contributed by atoms with E-state index in [-0.39, 0.29) is 11.5 Å². The van der Waals surface area contributed by atoms with Crippen LogP contribution < -0.4 is 0 Å². The van der Waals surface area contributed by atoms with Crippen molar-refractivity contribution in [2.24, 2.45) is 0 Å². The van der Waals surface area contributed by atoms with Gasteiger partial charge in [-0.1, -0.05) is 49.6 Å². The van der Waals surface area contributed by atoms with Gasteiger partial charge in [0.2, 0.25) is 0 Å². The lowest BCUT2D eigenvalue weighted by molar-refractivity contribution is -0.114. The molecule has 0 radical (unpaired) electrons. The molecule has 2 nitrogen and oxygen atoms in total. The molecule has 0 fully saturated rings. The Labute approximate surface area is 103 Å². The highest BCUT2D eigenvalue weighted by Crippen LogP contribution is 2.04. The van der Waals surface area contributed by atoms with Crippen LogP contribution >= 0.6 is 0 Å². The Bertz CT molecular complexity index is 333. The molecule has 0 aliphatic rings. The monoisotopic (exact) mass is 232 g/mol. The van der Waals surface area contributed by atoms with Crippen LogP contribution in [0.2, 0.25) is 0 Å². The van der Waals surface area contributed by atoms with Gasteiger partial charge in [0.15, 0.2) is 5.78 Å². The summed E-state index contributed by atoms with van der Waals surface area (Å²) in [5.41, 5.74) is 0. The van der Waals surface area contributed by atoms with E-state index in [2.05, 4.69) is 13.2 Å². The average Bonchev–Trinajstić information content (AvgIpc) is 2.30. The second-order valence-corrected chi connectivity index (χ2v) is 3.51. The molecule has 0 aromatic carbocycles. The highest BCUT2D eigenvalue weighted by Gasteiger charge is 1.99. The van der Waals surface area contributed by atoms with Gasteiger partial charge in [-0.05, 0) is 12.8 Å². The predicted octanol–water partition coefficient (Wildman–Crippen LogP) is 4.04. The van der Waals surface area contributed by atoms with Gasteiger partial charge in [-0.15, -0.1) is 0 Å². The van der Waals surface area contributed by atoms with Crippen LogP contribution in [0, 0.1) is 0 Å². The van der Waals surface area contributed by atoms with Crippen molar-refractivity contribution in [2.75, 3.05) is 0 Å². The van der Waals surface area contributed by atoms with Crippen LogP contribution in [-0.2, 0) is 4.79 Å². The number of carbonyl (C=O) groups is 1. The molecular weight excluding hydrogens is 212 g/mol. The van der Waals surface area contributed by atoms with Gasteiger partial charge in [0.1, 0.15) is 0 Å².